The van der Waals surface area contributed by atoms with E-state index in [2.05, 4.69) is 0 Å². The molecule has 1 saturated heterocycles. The fraction of sp³-hybridized carbons (Fsp3) is 0.917. The smallest absolute Gasteiger partial charge is 0.410 e. The number of ether oxygens (including phenoxy) is 1. The first-order chi connectivity index (χ1) is 8.57. The lowest BCUT2D eigenvalue weighted by atomic mass is 9.95. The standard InChI is InChI=1S/C12H22ClNO4S/c1-12(2,3)18-11(15)14-7-4-10(5-8-14)6-9-19(13,16)17/h10H,4-9H2,1-3H3. The highest BCUT2D eigenvalue weighted by Crippen LogP contribution is 2.23. The number of carbonyl (C=O) groups excluding carboxylic acids is 1. The van der Waals surface area contributed by atoms with Crippen molar-refractivity contribution in [1.82, 2.24) is 4.90 Å². The molecule has 0 radical (unpaired) electrons. The van der Waals surface area contributed by atoms with E-state index in [4.69, 9.17) is 15.4 Å². The molecule has 0 aromatic heterocycles. The average Bonchev–Trinajstić information content (AvgIpc) is 2.23. The van der Waals surface area contributed by atoms with Crippen LogP contribution in [0.15, 0.2) is 0 Å². The minimum Gasteiger partial charge on any atom is -0.444 e. The van der Waals surface area contributed by atoms with E-state index in [1.165, 1.54) is 0 Å². The molecule has 0 bridgehead atoms. The lowest BCUT2D eigenvalue weighted by Gasteiger charge is -2.33. The largest absolute Gasteiger partial charge is 0.444 e. The second kappa shape index (κ2) is 6.31. The molecular formula is C12H22ClNO4S. The maximum absolute atomic E-state index is 11.8. The van der Waals surface area contributed by atoms with Crippen molar-refractivity contribution >= 4 is 25.8 Å². The van der Waals surface area contributed by atoms with Crippen molar-refractivity contribution in [1.29, 1.82) is 0 Å². The first-order valence-electron chi connectivity index (χ1n) is 6.47. The maximum atomic E-state index is 11.8. The van der Waals surface area contributed by atoms with E-state index in [1.807, 2.05) is 20.8 Å². The summed E-state index contributed by atoms with van der Waals surface area (Å²) in [6, 6.07) is 0. The third-order valence-corrected chi connectivity index (χ3v) is 4.22. The Hall–Kier alpha value is -0.490. The molecule has 0 N–H and O–H groups in total. The topological polar surface area (TPSA) is 63.7 Å². The van der Waals surface area contributed by atoms with Crippen molar-refractivity contribution < 1.29 is 17.9 Å². The maximum Gasteiger partial charge on any atom is 0.410 e. The van der Waals surface area contributed by atoms with Gasteiger partial charge in [-0.2, -0.15) is 0 Å². The van der Waals surface area contributed by atoms with Gasteiger partial charge >= 0.3 is 6.09 Å². The number of likely N-dealkylation sites (tertiary alicyclic amines) is 1. The summed E-state index contributed by atoms with van der Waals surface area (Å²) in [5, 5.41) is 0. The number of carbonyl (C=O) groups is 1. The minimum atomic E-state index is -3.41. The van der Waals surface area contributed by atoms with E-state index in [0.29, 0.717) is 25.4 Å². The minimum absolute atomic E-state index is 0.00561. The van der Waals surface area contributed by atoms with Gasteiger partial charge < -0.3 is 9.64 Å². The van der Waals surface area contributed by atoms with Gasteiger partial charge in [0.1, 0.15) is 5.60 Å². The molecule has 7 heteroatoms. The van der Waals surface area contributed by atoms with E-state index in [9.17, 15) is 13.2 Å². The van der Waals surface area contributed by atoms with Crippen LogP contribution in [0, 0.1) is 5.92 Å². The van der Waals surface area contributed by atoms with E-state index in [0.717, 1.165) is 12.8 Å². The van der Waals surface area contributed by atoms with Crippen LogP contribution in [0.5, 0.6) is 0 Å². The summed E-state index contributed by atoms with van der Waals surface area (Å²) in [6.45, 7) is 6.73. The monoisotopic (exact) mass is 311 g/mol. The molecule has 5 nitrogen and oxygen atoms in total. The summed E-state index contributed by atoms with van der Waals surface area (Å²) in [4.78, 5) is 13.5. The third kappa shape index (κ3) is 7.01. The SMILES string of the molecule is CC(C)(C)OC(=O)N1CCC(CCS(=O)(=O)Cl)CC1. The van der Waals surface area contributed by atoms with Gasteiger partial charge in [-0.15, -0.1) is 0 Å². The van der Waals surface area contributed by atoms with Crippen LogP contribution in [0.25, 0.3) is 0 Å². The van der Waals surface area contributed by atoms with Crippen LogP contribution in [-0.2, 0) is 13.8 Å². The van der Waals surface area contributed by atoms with E-state index >= 15 is 0 Å². The van der Waals surface area contributed by atoms with Crippen LogP contribution in [0.3, 0.4) is 0 Å². The van der Waals surface area contributed by atoms with E-state index in [1.54, 1.807) is 4.90 Å². The second-order valence-electron chi connectivity index (χ2n) is 5.94. The molecule has 112 valence electrons. The number of piperidine rings is 1. The molecule has 1 fully saturated rings. The second-order valence-corrected chi connectivity index (χ2v) is 8.84. The number of nitrogens with zero attached hydrogens (tertiary/aromatic N) is 1. The fourth-order valence-corrected chi connectivity index (χ4v) is 2.92. The normalized spacial score (nSPS) is 18.4. The van der Waals surface area contributed by atoms with Crippen molar-refractivity contribution in [2.24, 2.45) is 5.92 Å². The number of hydrogen-bond donors (Lipinski definition) is 0. The van der Waals surface area contributed by atoms with Gasteiger partial charge in [-0.1, -0.05) is 0 Å². The van der Waals surface area contributed by atoms with Crippen LogP contribution in [0.2, 0.25) is 0 Å². The molecule has 0 aromatic carbocycles. The molecule has 0 atom stereocenters. The summed E-state index contributed by atoms with van der Waals surface area (Å²) in [5.41, 5.74) is -0.485. The highest BCUT2D eigenvalue weighted by atomic mass is 35.7. The zero-order valence-electron chi connectivity index (χ0n) is 11.7. The summed E-state index contributed by atoms with van der Waals surface area (Å²) < 4.78 is 27.1. The molecule has 0 aromatic rings. The van der Waals surface area contributed by atoms with E-state index in [-0.39, 0.29) is 11.8 Å². The van der Waals surface area contributed by atoms with Gasteiger partial charge in [0.2, 0.25) is 9.05 Å². The fourth-order valence-electron chi connectivity index (χ4n) is 2.04. The molecular weight excluding hydrogens is 290 g/mol. The third-order valence-electron chi connectivity index (χ3n) is 3.04. The quantitative estimate of drug-likeness (QED) is 0.752. The van der Waals surface area contributed by atoms with Gasteiger partial charge in [0.05, 0.1) is 5.75 Å². The molecule has 1 amide bonds. The van der Waals surface area contributed by atoms with E-state index < -0.39 is 14.7 Å². The Labute approximate surface area is 119 Å². The Balaban J connectivity index is 2.35. The summed E-state index contributed by atoms with van der Waals surface area (Å²) >= 11 is 0. The Morgan fingerprint density at radius 2 is 1.84 bits per heavy atom. The van der Waals surface area contributed by atoms with Crippen LogP contribution in [0.4, 0.5) is 4.79 Å². The highest BCUT2D eigenvalue weighted by molar-refractivity contribution is 8.13. The molecule has 1 heterocycles. The van der Waals surface area contributed by atoms with Crippen LogP contribution in [-0.4, -0.2) is 43.9 Å². The molecule has 1 aliphatic heterocycles. The summed E-state index contributed by atoms with van der Waals surface area (Å²) in [7, 11) is 1.78. The lowest BCUT2D eigenvalue weighted by molar-refractivity contribution is 0.0183. The van der Waals surface area contributed by atoms with Gasteiger partial charge in [-0.25, -0.2) is 13.2 Å². The zero-order chi connectivity index (χ0) is 14.7. The van der Waals surface area contributed by atoms with Gasteiger partial charge in [0.15, 0.2) is 0 Å². The van der Waals surface area contributed by atoms with Gasteiger partial charge in [0, 0.05) is 23.8 Å². The summed E-state index contributed by atoms with van der Waals surface area (Å²) in [5.74, 6) is 0.318. The van der Waals surface area contributed by atoms with Crippen LogP contribution in [0.1, 0.15) is 40.0 Å². The van der Waals surface area contributed by atoms with Crippen molar-refractivity contribution in [3.63, 3.8) is 0 Å². The molecule has 1 rings (SSSR count). The number of rotatable bonds is 3. The first-order valence-corrected chi connectivity index (χ1v) is 8.95. The van der Waals surface area contributed by atoms with Crippen molar-refractivity contribution in [3.05, 3.63) is 0 Å². The lowest BCUT2D eigenvalue weighted by Crippen LogP contribution is -2.41. The first kappa shape index (κ1) is 16.6. The Bertz CT molecular complexity index is 408. The molecule has 1 aliphatic rings. The number of amides is 1. The van der Waals surface area contributed by atoms with Gasteiger partial charge in [-0.3, -0.25) is 0 Å². The number of halogens is 1. The average molecular weight is 312 g/mol. The van der Waals surface area contributed by atoms with Gasteiger partial charge in [0.25, 0.3) is 0 Å². The van der Waals surface area contributed by atoms with Crippen LogP contribution >= 0.6 is 10.7 Å². The molecule has 19 heavy (non-hydrogen) atoms. The summed E-state index contributed by atoms with van der Waals surface area (Å²) in [6.07, 6.45) is 1.86. The Morgan fingerprint density at radius 3 is 2.26 bits per heavy atom. The molecule has 0 spiro atoms. The predicted octanol–water partition coefficient (Wildman–Crippen LogP) is 2.59. The Kier molecular flexibility index (Phi) is 5.50. The Morgan fingerprint density at radius 1 is 1.32 bits per heavy atom. The van der Waals surface area contributed by atoms with Crippen molar-refractivity contribution in [3.8, 4) is 0 Å². The van der Waals surface area contributed by atoms with Gasteiger partial charge in [-0.05, 0) is 46.0 Å². The predicted molar refractivity (Wildman–Crippen MR) is 74.8 cm³/mol. The highest BCUT2D eigenvalue weighted by Gasteiger charge is 2.27. The van der Waals surface area contributed by atoms with Crippen molar-refractivity contribution in [2.45, 2.75) is 45.6 Å². The number of hydrogen-bond acceptors (Lipinski definition) is 4. The van der Waals surface area contributed by atoms with Crippen molar-refractivity contribution in [2.75, 3.05) is 18.8 Å². The zero-order valence-corrected chi connectivity index (χ0v) is 13.3. The molecule has 0 unspecified atom stereocenters. The van der Waals surface area contributed by atoms with Crippen LogP contribution < -0.4 is 0 Å². The molecule has 0 saturated carbocycles. The molecule has 0 aliphatic carbocycles.